The van der Waals surface area contributed by atoms with E-state index in [1.54, 1.807) is 19.1 Å². The summed E-state index contributed by atoms with van der Waals surface area (Å²) in [4.78, 5) is 24.5. The van der Waals surface area contributed by atoms with Crippen molar-refractivity contribution >= 4 is 23.2 Å². The lowest BCUT2D eigenvalue weighted by Gasteiger charge is -2.30. The maximum atomic E-state index is 12.1. The number of carbonyl (C=O) groups is 2. The standard InChI is InChI=1S/C14H22N2O3S/c1-4-14(3,7-8-17)16-12(18)10(2)15-13(19)11-6-5-9-20-11/h5-6,9-10,17H,4,7-8H2,1-3H3,(H,15,19)(H,16,18). The Hall–Kier alpha value is -1.40. The Morgan fingerprint density at radius 2 is 2.20 bits per heavy atom. The molecule has 0 fully saturated rings. The van der Waals surface area contributed by atoms with E-state index in [9.17, 15) is 9.59 Å². The van der Waals surface area contributed by atoms with E-state index in [1.807, 2.05) is 19.2 Å². The maximum absolute atomic E-state index is 12.1. The summed E-state index contributed by atoms with van der Waals surface area (Å²) in [6.07, 6.45) is 1.20. The Balaban J connectivity index is 2.56. The highest BCUT2D eigenvalue weighted by Crippen LogP contribution is 2.14. The van der Waals surface area contributed by atoms with Crippen LogP contribution in [0.2, 0.25) is 0 Å². The van der Waals surface area contributed by atoms with Crippen LogP contribution in [0.4, 0.5) is 0 Å². The Bertz CT molecular complexity index is 447. The van der Waals surface area contributed by atoms with Gasteiger partial charge >= 0.3 is 0 Å². The van der Waals surface area contributed by atoms with Gasteiger partial charge in [-0.15, -0.1) is 11.3 Å². The molecule has 1 heterocycles. The third kappa shape index (κ3) is 4.61. The summed E-state index contributed by atoms with van der Waals surface area (Å²) in [6, 6.07) is 2.89. The van der Waals surface area contributed by atoms with Gasteiger partial charge in [0.05, 0.1) is 4.88 Å². The fourth-order valence-electron chi connectivity index (χ4n) is 1.72. The second-order valence-electron chi connectivity index (χ2n) is 5.05. The van der Waals surface area contributed by atoms with Crippen LogP contribution >= 0.6 is 11.3 Å². The molecule has 0 saturated carbocycles. The Morgan fingerprint density at radius 3 is 2.70 bits per heavy atom. The number of hydrogen-bond donors (Lipinski definition) is 3. The molecular formula is C14H22N2O3S. The van der Waals surface area contributed by atoms with Gasteiger partial charge < -0.3 is 15.7 Å². The monoisotopic (exact) mass is 298 g/mol. The molecule has 0 bridgehead atoms. The first kappa shape index (κ1) is 16.7. The Labute approximate surface area is 123 Å². The molecule has 2 atom stereocenters. The fourth-order valence-corrected chi connectivity index (χ4v) is 2.35. The van der Waals surface area contributed by atoms with Crippen LogP contribution in [0, 0.1) is 0 Å². The highest BCUT2D eigenvalue weighted by molar-refractivity contribution is 7.12. The molecule has 0 aliphatic carbocycles. The number of nitrogens with one attached hydrogen (secondary N) is 2. The number of thiophene rings is 1. The molecule has 2 amide bonds. The first-order valence-electron chi connectivity index (χ1n) is 6.69. The molecule has 6 heteroatoms. The Morgan fingerprint density at radius 1 is 1.50 bits per heavy atom. The molecule has 0 aliphatic rings. The first-order chi connectivity index (χ1) is 9.41. The zero-order chi connectivity index (χ0) is 15.2. The molecule has 112 valence electrons. The lowest BCUT2D eigenvalue weighted by atomic mass is 9.94. The molecule has 20 heavy (non-hydrogen) atoms. The summed E-state index contributed by atoms with van der Waals surface area (Å²) in [5, 5.41) is 16.4. The van der Waals surface area contributed by atoms with Crippen LogP contribution in [0.3, 0.4) is 0 Å². The lowest BCUT2D eigenvalue weighted by Crippen LogP contribution is -2.53. The van der Waals surface area contributed by atoms with Gasteiger partial charge in [-0.1, -0.05) is 13.0 Å². The summed E-state index contributed by atoms with van der Waals surface area (Å²) in [5.41, 5.74) is -0.451. The van der Waals surface area contributed by atoms with Gasteiger partial charge in [-0.3, -0.25) is 9.59 Å². The van der Waals surface area contributed by atoms with Crippen molar-refractivity contribution in [1.29, 1.82) is 0 Å². The molecule has 1 aromatic rings. The van der Waals surface area contributed by atoms with Crippen LogP contribution in [0.25, 0.3) is 0 Å². The molecule has 1 rings (SSSR count). The predicted octanol–water partition coefficient (Wildman–Crippen LogP) is 1.53. The Kier molecular flexibility index (Phi) is 6.16. The number of carbonyl (C=O) groups excluding carboxylic acids is 2. The third-order valence-corrected chi connectivity index (χ3v) is 4.22. The quantitative estimate of drug-likeness (QED) is 0.714. The molecule has 0 aromatic carbocycles. The lowest BCUT2D eigenvalue weighted by molar-refractivity contribution is -0.124. The highest BCUT2D eigenvalue weighted by atomic mass is 32.1. The predicted molar refractivity (Wildman–Crippen MR) is 79.8 cm³/mol. The van der Waals surface area contributed by atoms with Gasteiger partial charge in [0.1, 0.15) is 6.04 Å². The minimum absolute atomic E-state index is 0.0144. The number of amides is 2. The van der Waals surface area contributed by atoms with Crippen molar-refractivity contribution in [3.05, 3.63) is 22.4 Å². The van der Waals surface area contributed by atoms with Crippen LogP contribution in [0.5, 0.6) is 0 Å². The second-order valence-corrected chi connectivity index (χ2v) is 6.00. The minimum atomic E-state index is -0.617. The van der Waals surface area contributed by atoms with Crippen molar-refractivity contribution in [2.24, 2.45) is 0 Å². The molecule has 0 spiro atoms. The number of aliphatic hydroxyl groups excluding tert-OH is 1. The summed E-state index contributed by atoms with van der Waals surface area (Å²) in [7, 11) is 0. The molecule has 0 saturated heterocycles. The molecule has 3 N–H and O–H groups in total. The smallest absolute Gasteiger partial charge is 0.261 e. The zero-order valence-electron chi connectivity index (χ0n) is 12.1. The maximum Gasteiger partial charge on any atom is 0.261 e. The van der Waals surface area contributed by atoms with Gasteiger partial charge in [0, 0.05) is 12.1 Å². The van der Waals surface area contributed by atoms with E-state index in [1.165, 1.54) is 11.3 Å². The van der Waals surface area contributed by atoms with Gasteiger partial charge in [0.25, 0.3) is 5.91 Å². The van der Waals surface area contributed by atoms with E-state index in [0.29, 0.717) is 17.7 Å². The van der Waals surface area contributed by atoms with E-state index in [4.69, 9.17) is 5.11 Å². The van der Waals surface area contributed by atoms with Crippen LogP contribution in [0.1, 0.15) is 43.3 Å². The van der Waals surface area contributed by atoms with Gasteiger partial charge in [0.15, 0.2) is 0 Å². The second kappa shape index (κ2) is 7.40. The van der Waals surface area contributed by atoms with Crippen LogP contribution in [-0.2, 0) is 4.79 Å². The van der Waals surface area contributed by atoms with Gasteiger partial charge in [-0.05, 0) is 38.1 Å². The number of hydrogen-bond acceptors (Lipinski definition) is 4. The molecule has 0 radical (unpaired) electrons. The van der Waals surface area contributed by atoms with Crippen LogP contribution in [0.15, 0.2) is 17.5 Å². The van der Waals surface area contributed by atoms with Gasteiger partial charge in [-0.25, -0.2) is 0 Å². The van der Waals surface area contributed by atoms with Gasteiger partial charge in [-0.2, -0.15) is 0 Å². The van der Waals surface area contributed by atoms with Crippen molar-refractivity contribution in [1.82, 2.24) is 10.6 Å². The third-order valence-electron chi connectivity index (χ3n) is 3.35. The van der Waals surface area contributed by atoms with E-state index >= 15 is 0 Å². The average Bonchev–Trinajstić information content (AvgIpc) is 2.92. The summed E-state index contributed by atoms with van der Waals surface area (Å²) in [6.45, 7) is 5.50. The molecular weight excluding hydrogens is 276 g/mol. The topological polar surface area (TPSA) is 78.4 Å². The van der Waals surface area contributed by atoms with E-state index in [0.717, 1.165) is 0 Å². The highest BCUT2D eigenvalue weighted by Gasteiger charge is 2.26. The fraction of sp³-hybridized carbons (Fsp3) is 0.571. The normalized spacial score (nSPS) is 15.2. The van der Waals surface area contributed by atoms with E-state index < -0.39 is 11.6 Å². The van der Waals surface area contributed by atoms with Crippen molar-refractivity contribution in [3.63, 3.8) is 0 Å². The minimum Gasteiger partial charge on any atom is -0.396 e. The molecule has 1 aromatic heterocycles. The van der Waals surface area contributed by atoms with Crippen molar-refractivity contribution in [2.45, 2.75) is 45.2 Å². The van der Waals surface area contributed by atoms with E-state index in [-0.39, 0.29) is 18.4 Å². The van der Waals surface area contributed by atoms with Crippen LogP contribution in [-0.4, -0.2) is 35.1 Å². The zero-order valence-corrected chi connectivity index (χ0v) is 12.9. The van der Waals surface area contributed by atoms with Crippen LogP contribution < -0.4 is 10.6 Å². The molecule has 2 unspecified atom stereocenters. The number of aliphatic hydroxyl groups is 1. The summed E-state index contributed by atoms with van der Waals surface area (Å²) < 4.78 is 0. The average molecular weight is 298 g/mol. The van der Waals surface area contributed by atoms with Gasteiger partial charge in [0.2, 0.25) is 5.91 Å². The molecule has 0 aliphatic heterocycles. The molecule has 5 nitrogen and oxygen atoms in total. The van der Waals surface area contributed by atoms with Crippen molar-refractivity contribution in [2.75, 3.05) is 6.61 Å². The van der Waals surface area contributed by atoms with E-state index in [2.05, 4.69) is 10.6 Å². The SMILES string of the molecule is CCC(C)(CCO)NC(=O)C(C)NC(=O)c1cccs1. The largest absolute Gasteiger partial charge is 0.396 e. The van der Waals surface area contributed by atoms with Crippen molar-refractivity contribution < 1.29 is 14.7 Å². The number of rotatable bonds is 7. The van der Waals surface area contributed by atoms with Crippen molar-refractivity contribution in [3.8, 4) is 0 Å². The summed E-state index contributed by atoms with van der Waals surface area (Å²) >= 11 is 1.33. The first-order valence-corrected chi connectivity index (χ1v) is 7.57. The summed E-state index contributed by atoms with van der Waals surface area (Å²) in [5.74, 6) is -0.490.